The van der Waals surface area contributed by atoms with Crippen LogP contribution < -0.4 is 14.2 Å². The van der Waals surface area contributed by atoms with Crippen LogP contribution >= 0.6 is 0 Å². The molecule has 2 atom stereocenters. The Morgan fingerprint density at radius 3 is 1.04 bits per heavy atom. The highest BCUT2D eigenvalue weighted by atomic mass is 19.1. The lowest BCUT2D eigenvalue weighted by atomic mass is 10.0. The van der Waals surface area contributed by atoms with E-state index >= 15 is 0 Å². The molecule has 0 bridgehead atoms. The van der Waals surface area contributed by atoms with Crippen LogP contribution in [0.4, 0.5) is 13.2 Å². The summed E-state index contributed by atoms with van der Waals surface area (Å²) in [6, 6.07) is 46.9. The van der Waals surface area contributed by atoms with E-state index in [0.717, 1.165) is 11.1 Å². The second kappa shape index (κ2) is 28.0. The first kappa shape index (κ1) is 58.6. The van der Waals surface area contributed by atoms with Crippen molar-refractivity contribution >= 4 is 24.0 Å². The lowest BCUT2D eigenvalue weighted by Crippen LogP contribution is -2.09. The molecule has 5 N–H and O–H groups in total. The van der Waals surface area contributed by atoms with Crippen LogP contribution in [0.3, 0.4) is 0 Å². The number of aliphatic hydroxyl groups is 4. The van der Waals surface area contributed by atoms with Gasteiger partial charge in [-0.25, -0.2) is 42.5 Å². The van der Waals surface area contributed by atoms with E-state index in [0.29, 0.717) is 68.3 Å². The first-order valence-corrected chi connectivity index (χ1v) is 24.3. The van der Waals surface area contributed by atoms with Crippen molar-refractivity contribution < 1.29 is 76.8 Å². The molecule has 0 aliphatic heterocycles. The molecule has 6 aromatic carbocycles. The molecular formula is C62H50F3N3O13. The van der Waals surface area contributed by atoms with E-state index in [1.165, 1.54) is 93.1 Å². The summed E-state index contributed by atoms with van der Waals surface area (Å²) in [5.74, 6) is -0.254. The van der Waals surface area contributed by atoms with Crippen LogP contribution in [0, 0.1) is 17.5 Å². The highest BCUT2D eigenvalue weighted by Crippen LogP contribution is 2.31. The summed E-state index contributed by atoms with van der Waals surface area (Å²) < 4.78 is 65.2. The van der Waals surface area contributed by atoms with Crippen LogP contribution in [0.2, 0.25) is 0 Å². The van der Waals surface area contributed by atoms with Crippen molar-refractivity contribution in [2.24, 2.45) is 0 Å². The Morgan fingerprint density at radius 1 is 0.457 bits per heavy atom. The van der Waals surface area contributed by atoms with Crippen molar-refractivity contribution in [3.63, 3.8) is 0 Å². The number of carboxylic acid groups (broad SMARTS) is 1. The zero-order valence-electron chi connectivity index (χ0n) is 43.2. The molecule has 16 nitrogen and oxygen atoms in total. The van der Waals surface area contributed by atoms with Crippen LogP contribution in [0.1, 0.15) is 60.4 Å². The third kappa shape index (κ3) is 16.5. The highest BCUT2D eigenvalue weighted by molar-refractivity contribution is 5.89. The predicted molar refractivity (Wildman–Crippen MR) is 292 cm³/mol. The normalized spacial score (nSPS) is 11.3. The SMILES string of the molecule is C=Cc1cc(C(=O)OC)nc(-c2ccc(Oc3ccc(F)cc3)cc2)c1.COC(=O)c1cc([C@H](O)CO)cc(-c2ccc(Oc3ccc(F)cc3)cc2)n1.O=C(O)c1cc([C@H](O)CO)cc(-c2ccc(Oc3ccc(F)cc3)cc2)n1. The number of carbonyl (C=O) groups is 3. The number of aromatic nitrogens is 3. The van der Waals surface area contributed by atoms with Crippen LogP contribution in [0.25, 0.3) is 39.8 Å². The number of hydrogen-bond donors (Lipinski definition) is 5. The molecule has 0 saturated carbocycles. The van der Waals surface area contributed by atoms with Gasteiger partial charge < -0.3 is 49.2 Å². The van der Waals surface area contributed by atoms with Crippen molar-refractivity contribution in [1.29, 1.82) is 0 Å². The molecule has 0 aliphatic carbocycles. The quantitative estimate of drug-likeness (QED) is 0.0533. The number of rotatable bonds is 17. The Labute approximate surface area is 461 Å². The van der Waals surface area contributed by atoms with Gasteiger partial charge >= 0.3 is 17.9 Å². The number of aromatic carboxylic acids is 1. The largest absolute Gasteiger partial charge is 0.477 e. The van der Waals surface area contributed by atoms with Crippen LogP contribution in [-0.4, -0.2) is 85.8 Å². The van der Waals surface area contributed by atoms with E-state index in [1.807, 2.05) is 18.2 Å². The molecule has 19 heteroatoms. The predicted octanol–water partition coefficient (Wildman–Crippen LogP) is 12.0. The molecule has 81 heavy (non-hydrogen) atoms. The van der Waals surface area contributed by atoms with Gasteiger partial charge in [0.15, 0.2) is 0 Å². The number of aliphatic hydroxyl groups excluding tert-OH is 4. The highest BCUT2D eigenvalue weighted by Gasteiger charge is 2.18. The summed E-state index contributed by atoms with van der Waals surface area (Å²) in [5, 5.41) is 47.3. The average Bonchev–Trinajstić information content (AvgIpc) is 3.53. The monoisotopic (exact) mass is 1100 g/mol. The summed E-state index contributed by atoms with van der Waals surface area (Å²) in [4.78, 5) is 47.6. The molecule has 412 valence electrons. The van der Waals surface area contributed by atoms with E-state index in [4.69, 9.17) is 28.8 Å². The standard InChI is InChI=1S/C21H18FNO5.C21H16FNO3.C20H16FNO5/c1-27-21(26)19-11-14(20(25)12-24)10-18(23-19)13-2-6-16(7-3-13)28-17-8-4-15(22)5-9-17;1-3-14-12-19(23-20(13-14)21(24)25-2)15-4-8-17(9-5-15)26-18-10-6-16(22)7-11-18;21-14-3-7-16(8-4-14)27-15-5-1-12(2-6-15)17-9-13(19(24)11-23)10-18(22-17)20(25)26/h2-11,20,24-25H,12H2,1H3;3-13H,1H2,2H3;1-10,19,23-24H,11H2,(H,25,26)/t20-;;19-/m1.1/s1. The Hall–Kier alpha value is -10.1. The fourth-order valence-corrected chi connectivity index (χ4v) is 7.34. The first-order chi connectivity index (χ1) is 39.0. The van der Waals surface area contributed by atoms with E-state index in [-0.39, 0.29) is 40.1 Å². The number of nitrogens with zero attached hydrogens (tertiary/aromatic N) is 3. The van der Waals surface area contributed by atoms with Gasteiger partial charge in [-0.1, -0.05) is 12.7 Å². The van der Waals surface area contributed by atoms with E-state index in [1.54, 1.807) is 91.0 Å². The van der Waals surface area contributed by atoms with Crippen LogP contribution in [0.5, 0.6) is 34.5 Å². The molecular weight excluding hydrogens is 1050 g/mol. The van der Waals surface area contributed by atoms with Gasteiger partial charge in [-0.2, -0.15) is 0 Å². The lowest BCUT2D eigenvalue weighted by molar-refractivity contribution is 0.0584. The zero-order chi connectivity index (χ0) is 58.0. The van der Waals surface area contributed by atoms with E-state index in [9.17, 15) is 48.0 Å². The fourth-order valence-electron chi connectivity index (χ4n) is 7.34. The minimum absolute atomic E-state index is 0.0224. The number of esters is 2. The maximum atomic E-state index is 13.0. The number of methoxy groups -OCH3 is 2. The fraction of sp³-hybridized carbons (Fsp3) is 0.0968. The summed E-state index contributed by atoms with van der Waals surface area (Å²) in [6.07, 6.45) is -0.707. The number of pyridine rings is 3. The van der Waals surface area contributed by atoms with Gasteiger partial charge in [0.05, 0.1) is 44.5 Å². The van der Waals surface area contributed by atoms with Gasteiger partial charge in [-0.3, -0.25) is 0 Å². The third-order valence-corrected chi connectivity index (χ3v) is 11.5. The van der Waals surface area contributed by atoms with Crippen molar-refractivity contribution in [2.45, 2.75) is 12.2 Å². The minimum atomic E-state index is -1.24. The molecule has 3 heterocycles. The second-order valence-electron chi connectivity index (χ2n) is 17.1. The second-order valence-corrected chi connectivity index (χ2v) is 17.1. The number of hydrogen-bond acceptors (Lipinski definition) is 15. The summed E-state index contributed by atoms with van der Waals surface area (Å²) >= 11 is 0. The molecule has 0 aliphatic rings. The number of benzene rings is 6. The van der Waals surface area contributed by atoms with Gasteiger partial charge in [-0.15, -0.1) is 0 Å². The number of carboxylic acids is 1. The smallest absolute Gasteiger partial charge is 0.356 e. The molecule has 0 amide bonds. The Bertz CT molecular complexity index is 3590. The zero-order valence-corrected chi connectivity index (χ0v) is 43.2. The van der Waals surface area contributed by atoms with E-state index < -0.39 is 43.3 Å². The molecule has 0 fully saturated rings. The number of halogens is 3. The van der Waals surface area contributed by atoms with Crippen molar-refractivity contribution in [3.05, 3.63) is 240 Å². The molecule has 9 rings (SSSR count). The Morgan fingerprint density at radius 2 is 0.741 bits per heavy atom. The minimum Gasteiger partial charge on any atom is -0.477 e. The summed E-state index contributed by atoms with van der Waals surface area (Å²) in [7, 11) is 2.55. The third-order valence-electron chi connectivity index (χ3n) is 11.5. The van der Waals surface area contributed by atoms with Crippen molar-refractivity contribution in [1.82, 2.24) is 15.0 Å². The van der Waals surface area contributed by atoms with Gasteiger partial charge in [0.2, 0.25) is 0 Å². The maximum absolute atomic E-state index is 13.0. The van der Waals surface area contributed by atoms with Gasteiger partial charge in [0.25, 0.3) is 0 Å². The topological polar surface area (TPSA) is 237 Å². The number of carbonyl (C=O) groups excluding carboxylic acids is 2. The average molecular weight is 1100 g/mol. The molecule has 0 saturated heterocycles. The lowest BCUT2D eigenvalue weighted by Gasteiger charge is -2.12. The first-order valence-electron chi connectivity index (χ1n) is 24.3. The summed E-state index contributed by atoms with van der Waals surface area (Å²) in [5.41, 5.74) is 4.85. The summed E-state index contributed by atoms with van der Waals surface area (Å²) in [6.45, 7) is 2.71. The maximum Gasteiger partial charge on any atom is 0.356 e. The molecule has 0 radical (unpaired) electrons. The van der Waals surface area contributed by atoms with E-state index in [2.05, 4.69) is 21.5 Å². The van der Waals surface area contributed by atoms with Crippen molar-refractivity contribution in [3.8, 4) is 68.3 Å². The van der Waals surface area contributed by atoms with Gasteiger partial charge in [0, 0.05) is 16.7 Å². The molecule has 3 aromatic heterocycles. The van der Waals surface area contributed by atoms with Crippen LogP contribution in [-0.2, 0) is 9.47 Å². The molecule has 0 spiro atoms. The Kier molecular flexibility index (Phi) is 20.3. The van der Waals surface area contributed by atoms with Gasteiger partial charge in [0.1, 0.15) is 81.2 Å². The van der Waals surface area contributed by atoms with Crippen molar-refractivity contribution in [2.75, 3.05) is 27.4 Å². The van der Waals surface area contributed by atoms with Crippen LogP contribution in [0.15, 0.2) is 189 Å². The molecule has 0 unspecified atom stereocenters. The number of ether oxygens (including phenoxy) is 5. The Balaban J connectivity index is 0.000000175. The molecule has 9 aromatic rings. The van der Waals surface area contributed by atoms with Gasteiger partial charge in [-0.05, 0) is 199 Å².